The summed E-state index contributed by atoms with van der Waals surface area (Å²) < 4.78 is 15.2. The quantitative estimate of drug-likeness (QED) is 0.320. The molecular formula is C24H27N3O6. The Morgan fingerprint density at radius 2 is 1.73 bits per heavy atom. The maximum atomic E-state index is 12.0. The molecule has 2 aromatic rings. The first kappa shape index (κ1) is 23.8. The third-order valence-electron chi connectivity index (χ3n) is 5.24. The number of nitrogens with one attached hydrogen (secondary N) is 3. The first-order valence-corrected chi connectivity index (χ1v) is 10.6. The summed E-state index contributed by atoms with van der Waals surface area (Å²) in [6, 6.07) is 14.6. The van der Waals surface area contributed by atoms with E-state index in [1.807, 2.05) is 36.4 Å². The number of carbonyl (C=O) groups excluding carboxylic acids is 3. The predicted molar refractivity (Wildman–Crippen MR) is 121 cm³/mol. The summed E-state index contributed by atoms with van der Waals surface area (Å²) in [6.07, 6.45) is -0.0541. The van der Waals surface area contributed by atoms with Gasteiger partial charge in [-0.15, -0.1) is 0 Å². The molecule has 174 valence electrons. The van der Waals surface area contributed by atoms with Crippen LogP contribution in [0, 0.1) is 11.3 Å². The molecule has 9 heteroatoms. The lowest BCUT2D eigenvalue weighted by molar-refractivity contribution is -0.143. The summed E-state index contributed by atoms with van der Waals surface area (Å²) in [6.45, 7) is 2.25. The summed E-state index contributed by atoms with van der Waals surface area (Å²) in [7, 11) is 1.31. The zero-order chi connectivity index (χ0) is 23.8. The summed E-state index contributed by atoms with van der Waals surface area (Å²) in [4.78, 5) is 34.8. The van der Waals surface area contributed by atoms with Gasteiger partial charge in [0.15, 0.2) is 0 Å². The highest BCUT2D eigenvalue weighted by atomic mass is 16.5. The molecule has 2 aromatic carbocycles. The van der Waals surface area contributed by atoms with E-state index in [2.05, 4.69) is 15.4 Å². The van der Waals surface area contributed by atoms with Crippen LogP contribution in [0.15, 0.2) is 48.5 Å². The molecule has 0 spiro atoms. The number of methoxy groups -OCH3 is 1. The van der Waals surface area contributed by atoms with Crippen LogP contribution in [0.1, 0.15) is 25.3 Å². The largest absolute Gasteiger partial charge is 0.491 e. The molecule has 2 amide bonds. The van der Waals surface area contributed by atoms with Crippen LogP contribution < -0.4 is 15.4 Å². The van der Waals surface area contributed by atoms with Crippen molar-refractivity contribution in [2.75, 3.05) is 20.3 Å². The topological polar surface area (TPSA) is 127 Å². The lowest BCUT2D eigenvalue weighted by Gasteiger charge is -2.13. The summed E-state index contributed by atoms with van der Waals surface area (Å²) in [5.41, 5.74) is 2.48. The van der Waals surface area contributed by atoms with E-state index in [1.54, 1.807) is 19.1 Å². The van der Waals surface area contributed by atoms with Crippen molar-refractivity contribution in [1.82, 2.24) is 10.6 Å². The summed E-state index contributed by atoms with van der Waals surface area (Å²) in [5, 5.41) is 13.2. The molecule has 1 fully saturated rings. The van der Waals surface area contributed by atoms with Gasteiger partial charge in [0.2, 0.25) is 5.91 Å². The molecule has 0 aromatic heterocycles. The fourth-order valence-corrected chi connectivity index (χ4v) is 3.51. The van der Waals surface area contributed by atoms with Gasteiger partial charge in [-0.05, 0) is 36.6 Å². The molecule has 1 heterocycles. The third kappa shape index (κ3) is 6.55. The second-order valence-electron chi connectivity index (χ2n) is 7.55. The first-order valence-electron chi connectivity index (χ1n) is 10.6. The zero-order valence-corrected chi connectivity index (χ0v) is 18.6. The van der Waals surface area contributed by atoms with Crippen LogP contribution in [0.2, 0.25) is 0 Å². The van der Waals surface area contributed by atoms with E-state index in [9.17, 15) is 14.4 Å². The van der Waals surface area contributed by atoms with Crippen molar-refractivity contribution in [3.8, 4) is 16.9 Å². The minimum absolute atomic E-state index is 0.0309. The maximum absolute atomic E-state index is 12.0. The number of rotatable bonds is 8. The van der Waals surface area contributed by atoms with Gasteiger partial charge in [0.25, 0.3) is 0 Å². The predicted octanol–water partition coefficient (Wildman–Crippen LogP) is 2.87. The van der Waals surface area contributed by atoms with Gasteiger partial charge in [0, 0.05) is 5.56 Å². The van der Waals surface area contributed by atoms with Crippen molar-refractivity contribution >= 4 is 23.8 Å². The number of amidine groups is 1. The number of carbonyl (C=O) groups is 3. The van der Waals surface area contributed by atoms with Gasteiger partial charge >= 0.3 is 12.1 Å². The van der Waals surface area contributed by atoms with Crippen LogP contribution in [-0.4, -0.2) is 50.2 Å². The maximum Gasteiger partial charge on any atom is 0.412 e. The van der Waals surface area contributed by atoms with E-state index in [4.69, 9.17) is 14.9 Å². The van der Waals surface area contributed by atoms with Gasteiger partial charge in [0.05, 0.1) is 32.1 Å². The van der Waals surface area contributed by atoms with Crippen molar-refractivity contribution in [1.29, 1.82) is 5.41 Å². The first-order chi connectivity index (χ1) is 15.9. The fourth-order valence-electron chi connectivity index (χ4n) is 3.51. The van der Waals surface area contributed by atoms with Gasteiger partial charge in [-0.2, -0.15) is 0 Å². The number of ether oxygens (including phenoxy) is 3. The number of esters is 1. The van der Waals surface area contributed by atoms with Crippen molar-refractivity contribution in [2.45, 2.75) is 25.8 Å². The molecule has 33 heavy (non-hydrogen) atoms. The van der Waals surface area contributed by atoms with Crippen molar-refractivity contribution < 1.29 is 28.6 Å². The molecule has 3 rings (SSSR count). The molecule has 2 atom stereocenters. The monoisotopic (exact) mass is 453 g/mol. The van der Waals surface area contributed by atoms with Crippen LogP contribution in [0.3, 0.4) is 0 Å². The lowest BCUT2D eigenvalue weighted by atomic mass is 10.0. The molecule has 0 bridgehead atoms. The van der Waals surface area contributed by atoms with Gasteiger partial charge in [0.1, 0.15) is 18.2 Å². The Labute approximate surface area is 191 Å². The normalized spacial score (nSPS) is 17.1. The number of amides is 2. The van der Waals surface area contributed by atoms with E-state index in [0.29, 0.717) is 24.3 Å². The van der Waals surface area contributed by atoms with Crippen LogP contribution in [-0.2, 0) is 19.1 Å². The van der Waals surface area contributed by atoms with Crippen LogP contribution in [0.5, 0.6) is 5.75 Å². The van der Waals surface area contributed by atoms with E-state index in [1.165, 1.54) is 7.11 Å². The average Bonchev–Trinajstić information content (AvgIpc) is 3.17. The van der Waals surface area contributed by atoms with Crippen LogP contribution >= 0.6 is 0 Å². The molecule has 9 nitrogen and oxygen atoms in total. The van der Waals surface area contributed by atoms with Crippen molar-refractivity contribution in [3.05, 3.63) is 54.1 Å². The number of hydrogen-bond donors (Lipinski definition) is 3. The van der Waals surface area contributed by atoms with E-state index in [0.717, 1.165) is 11.1 Å². The SMILES string of the molecule is CCOC(=O)NC(=N)c1ccc(-c2ccc(OC[C@@H]3C[C@@H](CC(=O)OC)C(=O)N3)cc2)cc1. The standard InChI is InChI=1S/C24H27N3O6/c1-3-32-24(30)27-22(25)17-6-4-15(5-7-17)16-8-10-20(11-9-16)33-14-19-12-18(23(29)26-19)13-21(28)31-2/h4-11,18-19H,3,12-14H2,1-2H3,(H,26,29)(H2,25,27,30)/t18-,19-/m0/s1. The van der Waals surface area contributed by atoms with Gasteiger partial charge in [-0.3, -0.25) is 20.3 Å². The second-order valence-corrected chi connectivity index (χ2v) is 7.55. The third-order valence-corrected chi connectivity index (χ3v) is 5.24. The van der Waals surface area contributed by atoms with Crippen LogP contribution in [0.4, 0.5) is 4.79 Å². The molecule has 1 aliphatic heterocycles. The average molecular weight is 453 g/mol. The molecule has 0 unspecified atom stereocenters. The molecule has 1 aliphatic rings. The van der Waals surface area contributed by atoms with E-state index < -0.39 is 12.1 Å². The molecule has 3 N–H and O–H groups in total. The highest BCUT2D eigenvalue weighted by Crippen LogP contribution is 2.24. The minimum atomic E-state index is -0.654. The number of alkyl carbamates (subject to hydrolysis) is 1. The highest BCUT2D eigenvalue weighted by Gasteiger charge is 2.34. The smallest absolute Gasteiger partial charge is 0.412 e. The van der Waals surface area contributed by atoms with Crippen molar-refractivity contribution in [2.24, 2.45) is 5.92 Å². The highest BCUT2D eigenvalue weighted by molar-refractivity contribution is 6.04. The van der Waals surface area contributed by atoms with Gasteiger partial charge in [-0.25, -0.2) is 4.79 Å². The van der Waals surface area contributed by atoms with Crippen LogP contribution in [0.25, 0.3) is 11.1 Å². The molecule has 1 saturated heterocycles. The molecule has 0 aliphatic carbocycles. The van der Waals surface area contributed by atoms with E-state index in [-0.39, 0.29) is 36.7 Å². The molecule has 0 radical (unpaired) electrons. The lowest BCUT2D eigenvalue weighted by Crippen LogP contribution is -2.31. The van der Waals surface area contributed by atoms with Gasteiger partial charge in [-0.1, -0.05) is 36.4 Å². The minimum Gasteiger partial charge on any atom is -0.491 e. The van der Waals surface area contributed by atoms with E-state index >= 15 is 0 Å². The second kappa shape index (κ2) is 11.1. The summed E-state index contributed by atoms with van der Waals surface area (Å²) in [5.74, 6) is -0.297. The fraction of sp³-hybridized carbons (Fsp3) is 0.333. The Hall–Kier alpha value is -3.88. The zero-order valence-electron chi connectivity index (χ0n) is 18.6. The molecule has 0 saturated carbocycles. The molecular weight excluding hydrogens is 426 g/mol. The van der Waals surface area contributed by atoms with Gasteiger partial charge < -0.3 is 19.5 Å². The Kier molecular flexibility index (Phi) is 8.01. The Balaban J connectivity index is 1.52. The Bertz CT molecular complexity index is 1000. The Morgan fingerprint density at radius 3 is 2.33 bits per heavy atom. The number of hydrogen-bond acceptors (Lipinski definition) is 7. The summed E-state index contributed by atoms with van der Waals surface area (Å²) >= 11 is 0. The number of benzene rings is 2. The van der Waals surface area contributed by atoms with Crippen molar-refractivity contribution in [3.63, 3.8) is 0 Å². The Morgan fingerprint density at radius 1 is 1.09 bits per heavy atom.